The predicted molar refractivity (Wildman–Crippen MR) is 90.5 cm³/mol. The van der Waals surface area contributed by atoms with Gasteiger partial charge in [-0.05, 0) is 30.9 Å². The average Bonchev–Trinajstić information content (AvgIpc) is 2.44. The Hall–Kier alpha value is -1.43. The number of hydrogen-bond acceptors (Lipinski definition) is 4. The first-order valence-corrected chi connectivity index (χ1v) is 7.50. The zero-order valence-corrected chi connectivity index (χ0v) is 13.8. The number of likely N-dealkylation sites (tertiary alicyclic amines) is 1. The fourth-order valence-electron chi connectivity index (χ4n) is 3.01. The van der Waals surface area contributed by atoms with Gasteiger partial charge in [0.05, 0.1) is 5.69 Å². The molecule has 1 aliphatic rings. The fraction of sp³-hybridized carbons (Fsp3) is 0.500. The molecule has 2 unspecified atom stereocenters. The van der Waals surface area contributed by atoms with Gasteiger partial charge in [0.25, 0.3) is 5.56 Å². The highest BCUT2D eigenvalue weighted by molar-refractivity contribution is 5.85. The van der Waals surface area contributed by atoms with Crippen LogP contribution in [-0.2, 0) is 6.54 Å². The molecule has 3 heterocycles. The quantitative estimate of drug-likeness (QED) is 0.912. The van der Waals surface area contributed by atoms with Crippen LogP contribution in [-0.4, -0.2) is 33.4 Å². The topological polar surface area (TPSA) is 63.6 Å². The molecule has 2 atom stereocenters. The van der Waals surface area contributed by atoms with Gasteiger partial charge >= 0.3 is 0 Å². The molecule has 3 rings (SSSR count). The van der Waals surface area contributed by atoms with Crippen LogP contribution in [0, 0.1) is 12.8 Å². The summed E-state index contributed by atoms with van der Waals surface area (Å²) in [5.74, 6) is 0.488. The molecule has 0 aromatic carbocycles. The highest BCUT2D eigenvalue weighted by Gasteiger charge is 2.23. The summed E-state index contributed by atoms with van der Waals surface area (Å²) in [6, 6.07) is 5.79. The standard InChI is InChI=1S/C16H22N4O.ClH/c1-11-4-3-6-20-15(21)8-13(18-16(11)20)10-19-7-5-14(17)12(2)9-19;/h3-4,6,8,12,14H,5,7,9-10,17H2,1-2H3;1H. The smallest absolute Gasteiger partial charge is 0.258 e. The fourth-order valence-corrected chi connectivity index (χ4v) is 3.01. The Balaban J connectivity index is 0.00000176. The van der Waals surface area contributed by atoms with E-state index in [0.717, 1.165) is 43.0 Å². The first kappa shape index (κ1) is 16.9. The molecule has 2 N–H and O–H groups in total. The molecule has 22 heavy (non-hydrogen) atoms. The van der Waals surface area contributed by atoms with Gasteiger partial charge in [-0.2, -0.15) is 0 Å². The van der Waals surface area contributed by atoms with Crippen LogP contribution >= 0.6 is 12.4 Å². The maximum atomic E-state index is 12.2. The number of piperidine rings is 1. The second-order valence-corrected chi connectivity index (χ2v) is 6.14. The third kappa shape index (κ3) is 3.32. The average molecular weight is 323 g/mol. The Morgan fingerprint density at radius 2 is 2.23 bits per heavy atom. The minimum atomic E-state index is -0.0135. The first-order valence-electron chi connectivity index (χ1n) is 7.50. The molecule has 6 heteroatoms. The van der Waals surface area contributed by atoms with Crippen molar-refractivity contribution in [3.05, 3.63) is 46.0 Å². The van der Waals surface area contributed by atoms with E-state index in [1.54, 1.807) is 16.7 Å². The maximum Gasteiger partial charge on any atom is 0.258 e. The SMILES string of the molecule is Cc1cccn2c(=O)cc(CN3CCC(N)C(C)C3)nc12.Cl. The Bertz CT molecular complexity index is 715. The lowest BCUT2D eigenvalue weighted by Crippen LogP contribution is -2.45. The summed E-state index contributed by atoms with van der Waals surface area (Å²) in [5, 5.41) is 0. The lowest BCUT2D eigenvalue weighted by atomic mass is 9.95. The number of nitrogens with two attached hydrogens (primary N) is 1. The van der Waals surface area contributed by atoms with Crippen molar-refractivity contribution >= 4 is 18.1 Å². The van der Waals surface area contributed by atoms with Gasteiger partial charge in [0.15, 0.2) is 0 Å². The highest BCUT2D eigenvalue weighted by Crippen LogP contribution is 2.16. The summed E-state index contributed by atoms with van der Waals surface area (Å²) in [7, 11) is 0. The second-order valence-electron chi connectivity index (χ2n) is 6.14. The number of halogens is 1. The van der Waals surface area contributed by atoms with Crippen molar-refractivity contribution in [2.45, 2.75) is 32.9 Å². The Labute approximate surface area is 136 Å². The maximum absolute atomic E-state index is 12.2. The molecule has 1 saturated heterocycles. The van der Waals surface area contributed by atoms with Gasteiger partial charge in [-0.15, -0.1) is 12.4 Å². The van der Waals surface area contributed by atoms with Crippen LogP contribution in [0.4, 0.5) is 0 Å². The third-order valence-corrected chi connectivity index (χ3v) is 4.38. The van der Waals surface area contributed by atoms with Crippen LogP contribution in [0.1, 0.15) is 24.6 Å². The molecule has 0 bridgehead atoms. The summed E-state index contributed by atoms with van der Waals surface area (Å²) >= 11 is 0. The number of nitrogens with zero attached hydrogens (tertiary/aromatic N) is 3. The van der Waals surface area contributed by atoms with Gasteiger partial charge in [0, 0.05) is 37.9 Å². The molecule has 0 amide bonds. The van der Waals surface area contributed by atoms with Crippen molar-refractivity contribution < 1.29 is 0 Å². The Morgan fingerprint density at radius 3 is 2.95 bits per heavy atom. The van der Waals surface area contributed by atoms with Gasteiger partial charge in [0.2, 0.25) is 0 Å². The molecule has 0 aliphatic carbocycles. The van der Waals surface area contributed by atoms with Crippen LogP contribution in [0.5, 0.6) is 0 Å². The second kappa shape index (κ2) is 6.77. The third-order valence-electron chi connectivity index (χ3n) is 4.38. The predicted octanol–water partition coefficient (Wildman–Crippen LogP) is 1.59. The van der Waals surface area contributed by atoms with Gasteiger partial charge in [0.1, 0.15) is 5.65 Å². The van der Waals surface area contributed by atoms with Crippen LogP contribution < -0.4 is 11.3 Å². The largest absolute Gasteiger partial charge is 0.327 e. The zero-order valence-electron chi connectivity index (χ0n) is 13.0. The molecule has 1 aliphatic heterocycles. The number of pyridine rings is 1. The van der Waals surface area contributed by atoms with E-state index in [1.807, 2.05) is 19.1 Å². The van der Waals surface area contributed by atoms with E-state index in [1.165, 1.54) is 0 Å². The van der Waals surface area contributed by atoms with E-state index in [-0.39, 0.29) is 18.0 Å². The number of fused-ring (bicyclic) bond motifs is 1. The van der Waals surface area contributed by atoms with Crippen molar-refractivity contribution in [3.63, 3.8) is 0 Å². The first-order chi connectivity index (χ1) is 10.0. The molecular formula is C16H23ClN4O. The van der Waals surface area contributed by atoms with Gasteiger partial charge in [-0.1, -0.05) is 13.0 Å². The highest BCUT2D eigenvalue weighted by atomic mass is 35.5. The Kier molecular flexibility index (Phi) is 5.21. The monoisotopic (exact) mass is 322 g/mol. The van der Waals surface area contributed by atoms with E-state index in [9.17, 15) is 4.79 Å². The molecule has 0 saturated carbocycles. The minimum absolute atomic E-state index is 0. The van der Waals surface area contributed by atoms with Crippen molar-refractivity contribution in [2.75, 3.05) is 13.1 Å². The van der Waals surface area contributed by atoms with Crippen molar-refractivity contribution in [1.29, 1.82) is 0 Å². The van der Waals surface area contributed by atoms with Crippen molar-refractivity contribution in [3.8, 4) is 0 Å². The van der Waals surface area contributed by atoms with Gasteiger partial charge in [-0.25, -0.2) is 4.98 Å². The van der Waals surface area contributed by atoms with E-state index in [0.29, 0.717) is 12.0 Å². The van der Waals surface area contributed by atoms with Crippen LogP contribution in [0.15, 0.2) is 29.2 Å². The molecule has 1 fully saturated rings. The van der Waals surface area contributed by atoms with Crippen molar-refractivity contribution in [1.82, 2.24) is 14.3 Å². The zero-order chi connectivity index (χ0) is 15.0. The lowest BCUT2D eigenvalue weighted by molar-refractivity contribution is 0.156. The van der Waals surface area contributed by atoms with Gasteiger partial charge < -0.3 is 5.73 Å². The summed E-state index contributed by atoms with van der Waals surface area (Å²) < 4.78 is 1.60. The molecule has 0 spiro atoms. The number of aryl methyl sites for hydroxylation is 1. The molecule has 2 aromatic rings. The van der Waals surface area contributed by atoms with E-state index < -0.39 is 0 Å². The Morgan fingerprint density at radius 1 is 1.45 bits per heavy atom. The van der Waals surface area contributed by atoms with Crippen LogP contribution in [0.25, 0.3) is 5.65 Å². The lowest BCUT2D eigenvalue weighted by Gasteiger charge is -2.34. The molecule has 5 nitrogen and oxygen atoms in total. The molecule has 2 aromatic heterocycles. The minimum Gasteiger partial charge on any atom is -0.327 e. The van der Waals surface area contributed by atoms with Crippen molar-refractivity contribution in [2.24, 2.45) is 11.7 Å². The molecular weight excluding hydrogens is 300 g/mol. The normalized spacial score (nSPS) is 22.5. The molecule has 120 valence electrons. The number of hydrogen-bond donors (Lipinski definition) is 1. The number of aromatic nitrogens is 2. The van der Waals surface area contributed by atoms with Gasteiger partial charge in [-0.3, -0.25) is 14.1 Å². The van der Waals surface area contributed by atoms with Crippen LogP contribution in [0.3, 0.4) is 0 Å². The summed E-state index contributed by atoms with van der Waals surface area (Å²) in [4.78, 5) is 19.2. The van der Waals surface area contributed by atoms with E-state index in [2.05, 4.69) is 16.8 Å². The summed E-state index contributed by atoms with van der Waals surface area (Å²) in [6.07, 6.45) is 2.77. The molecule has 0 radical (unpaired) electrons. The van der Waals surface area contributed by atoms with E-state index >= 15 is 0 Å². The summed E-state index contributed by atoms with van der Waals surface area (Å²) in [6.45, 7) is 6.82. The van der Waals surface area contributed by atoms with Crippen LogP contribution in [0.2, 0.25) is 0 Å². The number of rotatable bonds is 2. The summed E-state index contributed by atoms with van der Waals surface area (Å²) in [5.41, 5.74) is 8.66. The van der Waals surface area contributed by atoms with E-state index in [4.69, 9.17) is 5.73 Å².